The Morgan fingerprint density at radius 1 is 0.364 bits per heavy atom. The van der Waals surface area contributed by atoms with Crippen molar-refractivity contribution in [3.05, 3.63) is 218 Å². The molecule has 0 aliphatic heterocycles. The second kappa shape index (κ2) is 13.4. The van der Waals surface area contributed by atoms with Crippen LogP contribution in [0.5, 0.6) is 0 Å². The van der Waals surface area contributed by atoms with Gasteiger partial charge in [0.25, 0.3) is 0 Å². The second-order valence-electron chi connectivity index (χ2n) is 14.5. The summed E-state index contributed by atoms with van der Waals surface area (Å²) in [6.07, 6.45) is 0. The Morgan fingerprint density at radius 3 is 1.31 bits per heavy atom. The van der Waals surface area contributed by atoms with Gasteiger partial charge in [-0.25, -0.2) is 4.98 Å². The summed E-state index contributed by atoms with van der Waals surface area (Å²) < 4.78 is 4.64. The molecule has 0 atom stereocenters. The van der Waals surface area contributed by atoms with E-state index >= 15 is 0 Å². The van der Waals surface area contributed by atoms with Gasteiger partial charge in [-0.3, -0.25) is 8.97 Å². The van der Waals surface area contributed by atoms with Gasteiger partial charge in [-0.05, 0) is 72.7 Å². The van der Waals surface area contributed by atoms with E-state index in [-0.39, 0.29) is 0 Å². The summed E-state index contributed by atoms with van der Waals surface area (Å²) in [6, 6.07) is 80.8. The number of benzene rings is 8. The van der Waals surface area contributed by atoms with Gasteiger partial charge in [0.1, 0.15) is 8.07 Å². The maximum Gasteiger partial charge on any atom is 0.220 e. The highest BCUT2D eigenvalue weighted by molar-refractivity contribution is 7.20. The molecule has 0 aliphatic carbocycles. The third-order valence-corrected chi connectivity index (χ3v) is 20.9. The molecule has 5 heteroatoms. The van der Waals surface area contributed by atoms with Crippen LogP contribution in [0.25, 0.3) is 33.5 Å². The van der Waals surface area contributed by atoms with Crippen molar-refractivity contribution >= 4 is 80.3 Å². The molecule has 10 aromatic rings. The predicted molar refractivity (Wildman–Crippen MR) is 237 cm³/mol. The van der Waals surface area contributed by atoms with Crippen molar-refractivity contribution in [2.24, 2.45) is 0 Å². The molecule has 0 bridgehead atoms. The lowest BCUT2D eigenvalue weighted by Crippen LogP contribution is -2.75. The van der Waals surface area contributed by atoms with E-state index in [0.29, 0.717) is 0 Å². The van der Waals surface area contributed by atoms with E-state index in [1.165, 1.54) is 36.3 Å². The zero-order chi connectivity index (χ0) is 36.8. The van der Waals surface area contributed by atoms with Crippen LogP contribution in [0, 0.1) is 0 Å². The summed E-state index contributed by atoms with van der Waals surface area (Å²) in [7, 11) is -5.18. The molecule has 0 fully saturated rings. The Morgan fingerprint density at radius 2 is 0.764 bits per heavy atom. The van der Waals surface area contributed by atoms with Crippen molar-refractivity contribution < 1.29 is 0 Å². The van der Waals surface area contributed by atoms with Crippen molar-refractivity contribution in [3.8, 4) is 5.69 Å². The molecule has 0 radical (unpaired) electrons. The van der Waals surface area contributed by atoms with Crippen LogP contribution in [0.3, 0.4) is 0 Å². The smallest absolute Gasteiger partial charge is 0.220 e. The van der Waals surface area contributed by atoms with Gasteiger partial charge in [-0.2, -0.15) is 0 Å². The average molecular weight is 738 g/mol. The van der Waals surface area contributed by atoms with Crippen LogP contribution in [-0.2, 0) is 0 Å². The summed E-state index contributed by atoms with van der Waals surface area (Å²) in [5, 5.41) is 9.62. The molecule has 3 nitrogen and oxygen atoms in total. The van der Waals surface area contributed by atoms with Crippen molar-refractivity contribution in [1.82, 2.24) is 14.0 Å². The monoisotopic (exact) mass is 737 g/mol. The third-order valence-electron chi connectivity index (χ3n) is 11.7. The van der Waals surface area contributed by atoms with Crippen molar-refractivity contribution in [2.45, 2.75) is 6.55 Å². The number of fused-ring (bicyclic) bond motifs is 5. The Bertz CT molecular complexity index is 2830. The SMILES string of the molecule is C[Si](c1ccccc1)(c1ccccc1)c1ccc([Si](c2ccccc2)(c2ccccc2)c2ccc3nc4n(-c5ccccc5)c5ccccc5n4c3c2)cc1. The molecule has 0 aliphatic rings. The average Bonchev–Trinajstić information content (AvgIpc) is 3.80. The van der Waals surface area contributed by atoms with Crippen LogP contribution in [0.15, 0.2) is 218 Å². The zero-order valence-corrected chi connectivity index (χ0v) is 32.6. The van der Waals surface area contributed by atoms with E-state index in [2.05, 4.69) is 234 Å². The first kappa shape index (κ1) is 33.1. The molecule has 262 valence electrons. The van der Waals surface area contributed by atoms with Crippen molar-refractivity contribution in [3.63, 3.8) is 0 Å². The Kier molecular flexibility index (Phi) is 8.05. The Balaban J connectivity index is 1.24. The molecule has 0 unspecified atom stereocenters. The molecule has 8 aromatic carbocycles. The molecular weight excluding hydrogens is 699 g/mol. The van der Waals surface area contributed by atoms with E-state index in [9.17, 15) is 0 Å². The first-order valence-electron chi connectivity index (χ1n) is 19.0. The van der Waals surface area contributed by atoms with Gasteiger partial charge in [0.05, 0.1) is 22.1 Å². The second-order valence-corrected chi connectivity index (χ2v) is 22.3. The zero-order valence-electron chi connectivity index (χ0n) is 30.6. The van der Waals surface area contributed by atoms with Crippen LogP contribution in [0.2, 0.25) is 6.55 Å². The van der Waals surface area contributed by atoms with E-state index in [0.717, 1.165) is 33.5 Å². The normalized spacial score (nSPS) is 12.1. The van der Waals surface area contributed by atoms with E-state index in [4.69, 9.17) is 4.98 Å². The van der Waals surface area contributed by atoms with Gasteiger partial charge in [0.15, 0.2) is 8.07 Å². The molecule has 2 heterocycles. The maximum atomic E-state index is 5.31. The number of nitrogens with zero attached hydrogens (tertiary/aromatic N) is 3. The third kappa shape index (κ3) is 5.19. The maximum absolute atomic E-state index is 5.31. The predicted octanol–water partition coefficient (Wildman–Crippen LogP) is 6.91. The lowest BCUT2D eigenvalue weighted by atomic mass is 10.2. The van der Waals surface area contributed by atoms with Gasteiger partial charge in [-0.15, -0.1) is 0 Å². The van der Waals surface area contributed by atoms with Gasteiger partial charge in [-0.1, -0.05) is 189 Å². The number of rotatable bonds is 8. The Hall–Kier alpha value is -6.54. The summed E-state index contributed by atoms with van der Waals surface area (Å²) >= 11 is 0. The topological polar surface area (TPSA) is 22.2 Å². The molecule has 10 rings (SSSR count). The molecule has 0 N–H and O–H groups in total. The lowest BCUT2D eigenvalue weighted by molar-refractivity contribution is 1.11. The first-order valence-corrected chi connectivity index (χ1v) is 23.5. The lowest BCUT2D eigenvalue weighted by Gasteiger charge is -2.35. The minimum atomic E-state index is -2.88. The van der Waals surface area contributed by atoms with Crippen LogP contribution >= 0.6 is 0 Å². The molecule has 0 spiro atoms. The fourth-order valence-electron chi connectivity index (χ4n) is 8.94. The van der Waals surface area contributed by atoms with Gasteiger partial charge in [0.2, 0.25) is 5.78 Å². The number of hydrogen-bond donors (Lipinski definition) is 0. The van der Waals surface area contributed by atoms with Gasteiger partial charge in [0, 0.05) is 5.69 Å². The molecule has 55 heavy (non-hydrogen) atoms. The quantitative estimate of drug-likeness (QED) is 0.123. The summed E-state index contributed by atoms with van der Waals surface area (Å²) in [5.74, 6) is 0.918. The van der Waals surface area contributed by atoms with E-state index in [1.807, 2.05) is 0 Å². The minimum absolute atomic E-state index is 0.918. The van der Waals surface area contributed by atoms with Crippen LogP contribution in [-0.4, -0.2) is 30.1 Å². The largest absolute Gasteiger partial charge is 0.278 e. The highest BCUT2D eigenvalue weighted by atomic mass is 28.3. The fraction of sp³-hybridized carbons (Fsp3) is 0.0200. The van der Waals surface area contributed by atoms with Gasteiger partial charge >= 0.3 is 0 Å². The highest BCUT2D eigenvalue weighted by Gasteiger charge is 2.42. The standard InChI is InChI=1S/C50H39N3Si2/c1-54(39-21-9-3-10-22-39,40-23-11-4-12-24-40)41-31-33-44(34-32-41)55(42-25-13-5-14-26-42,43-27-15-6-16-28-43)45-35-36-46-49(37-45)53-48-30-18-17-29-47(48)52(50(53)51-46)38-19-7-2-8-20-38/h2-37H,1H3. The van der Waals surface area contributed by atoms with Crippen molar-refractivity contribution in [1.29, 1.82) is 0 Å². The number of hydrogen-bond acceptors (Lipinski definition) is 1. The molecule has 0 saturated carbocycles. The summed E-state index contributed by atoms with van der Waals surface area (Å²) in [6.45, 7) is 2.50. The van der Waals surface area contributed by atoms with Crippen LogP contribution in [0.4, 0.5) is 0 Å². The van der Waals surface area contributed by atoms with E-state index in [1.54, 1.807) is 0 Å². The number of aromatic nitrogens is 3. The number of imidazole rings is 2. The summed E-state index contributed by atoms with van der Waals surface area (Å²) in [5.41, 5.74) is 5.48. The van der Waals surface area contributed by atoms with Gasteiger partial charge < -0.3 is 0 Å². The number of para-hydroxylation sites is 3. The van der Waals surface area contributed by atoms with Crippen molar-refractivity contribution in [2.75, 3.05) is 0 Å². The van der Waals surface area contributed by atoms with Crippen LogP contribution in [0.1, 0.15) is 0 Å². The minimum Gasteiger partial charge on any atom is -0.278 e. The fourth-order valence-corrected chi connectivity index (χ4v) is 17.2. The van der Waals surface area contributed by atoms with Crippen LogP contribution < -0.4 is 36.3 Å². The molecular formula is C50H39N3Si2. The Labute approximate surface area is 323 Å². The highest BCUT2D eigenvalue weighted by Crippen LogP contribution is 2.29. The van der Waals surface area contributed by atoms with E-state index < -0.39 is 16.1 Å². The molecule has 2 aromatic heterocycles. The molecule has 0 saturated heterocycles. The summed E-state index contributed by atoms with van der Waals surface area (Å²) in [4.78, 5) is 5.31. The first-order chi connectivity index (χ1) is 27.2. The molecule has 0 amide bonds.